The zero-order valence-corrected chi connectivity index (χ0v) is 9.10. The molecule has 1 aromatic carbocycles. The van der Waals surface area contributed by atoms with Gasteiger partial charge in [-0.1, -0.05) is 11.6 Å². The summed E-state index contributed by atoms with van der Waals surface area (Å²) < 4.78 is 10.9. The van der Waals surface area contributed by atoms with Crippen LogP contribution in [-0.2, 0) is 6.42 Å². The number of fused-ring (bicyclic) bond motifs is 1. The van der Waals surface area contributed by atoms with Crippen LogP contribution < -0.4 is 9.47 Å². The Labute approximate surface area is 93.2 Å². The highest BCUT2D eigenvalue weighted by atomic mass is 35.5. The van der Waals surface area contributed by atoms with Gasteiger partial charge in [-0.15, -0.1) is 0 Å². The average molecular weight is 224 g/mol. The Hall–Kier alpha value is -1.40. The van der Waals surface area contributed by atoms with Gasteiger partial charge in [-0.2, -0.15) is 5.26 Å². The molecule has 0 atom stereocenters. The third kappa shape index (κ3) is 1.73. The Balaban J connectivity index is 2.53. The van der Waals surface area contributed by atoms with E-state index < -0.39 is 0 Å². The lowest BCUT2D eigenvalue weighted by Crippen LogP contribution is -2.16. The molecule has 15 heavy (non-hydrogen) atoms. The fourth-order valence-corrected chi connectivity index (χ4v) is 1.83. The predicted octanol–water partition coefficient (Wildman–Crippen LogP) is 2.49. The van der Waals surface area contributed by atoms with E-state index in [2.05, 4.69) is 6.07 Å². The number of nitriles is 1. The molecule has 0 saturated carbocycles. The number of hydrogen-bond acceptors (Lipinski definition) is 3. The van der Waals surface area contributed by atoms with E-state index in [1.54, 1.807) is 0 Å². The molecule has 0 saturated heterocycles. The highest BCUT2D eigenvalue weighted by Crippen LogP contribution is 2.41. The van der Waals surface area contributed by atoms with E-state index in [9.17, 15) is 0 Å². The molecule has 1 heterocycles. The highest BCUT2D eigenvalue weighted by Gasteiger charge is 2.19. The normalized spacial score (nSPS) is 13.4. The minimum Gasteiger partial charge on any atom is -0.486 e. The van der Waals surface area contributed by atoms with Crippen molar-refractivity contribution < 1.29 is 9.47 Å². The Morgan fingerprint density at radius 2 is 2.20 bits per heavy atom. The molecular formula is C11H10ClNO2. The maximum Gasteiger partial charge on any atom is 0.180 e. The van der Waals surface area contributed by atoms with Crippen molar-refractivity contribution in [2.75, 3.05) is 13.2 Å². The molecule has 0 radical (unpaired) electrons. The lowest BCUT2D eigenvalue weighted by Gasteiger charge is -2.21. The molecular weight excluding hydrogens is 214 g/mol. The second kappa shape index (κ2) is 4.00. The lowest BCUT2D eigenvalue weighted by atomic mass is 10.0. The Kier molecular flexibility index (Phi) is 2.70. The van der Waals surface area contributed by atoms with Crippen molar-refractivity contribution in [2.24, 2.45) is 0 Å². The summed E-state index contributed by atoms with van der Waals surface area (Å²) in [6, 6.07) is 3.94. The van der Waals surface area contributed by atoms with Gasteiger partial charge in [0.25, 0.3) is 0 Å². The summed E-state index contributed by atoms with van der Waals surface area (Å²) >= 11 is 6.14. The Morgan fingerprint density at radius 3 is 2.93 bits per heavy atom. The predicted molar refractivity (Wildman–Crippen MR) is 56.5 cm³/mol. The second-order valence-electron chi connectivity index (χ2n) is 3.33. The van der Waals surface area contributed by atoms with E-state index in [0.717, 1.165) is 11.1 Å². The molecule has 0 N–H and O–H groups in total. The number of benzene rings is 1. The Bertz CT molecular complexity index is 437. The number of halogens is 1. The van der Waals surface area contributed by atoms with Gasteiger partial charge in [0, 0.05) is 0 Å². The van der Waals surface area contributed by atoms with Crippen LogP contribution in [0.25, 0.3) is 0 Å². The molecule has 0 fully saturated rings. The average Bonchev–Trinajstić information content (AvgIpc) is 2.26. The van der Waals surface area contributed by atoms with Crippen LogP contribution in [0.15, 0.2) is 6.07 Å². The zero-order valence-electron chi connectivity index (χ0n) is 8.34. The first-order valence-electron chi connectivity index (χ1n) is 4.68. The van der Waals surface area contributed by atoms with Crippen molar-refractivity contribution in [3.8, 4) is 17.6 Å². The number of nitrogens with zero attached hydrogens (tertiary/aromatic N) is 1. The molecule has 4 heteroatoms. The molecule has 0 amide bonds. The molecule has 1 aliphatic rings. The fraction of sp³-hybridized carbons (Fsp3) is 0.364. The number of ether oxygens (including phenoxy) is 2. The number of hydrogen-bond donors (Lipinski definition) is 0. The lowest BCUT2D eigenvalue weighted by molar-refractivity contribution is 0.171. The van der Waals surface area contributed by atoms with Crippen molar-refractivity contribution in [3.05, 3.63) is 22.2 Å². The van der Waals surface area contributed by atoms with E-state index in [-0.39, 0.29) is 0 Å². The first-order valence-corrected chi connectivity index (χ1v) is 5.06. The first-order chi connectivity index (χ1) is 7.24. The van der Waals surface area contributed by atoms with Gasteiger partial charge in [-0.3, -0.25) is 0 Å². The molecule has 0 bridgehead atoms. The van der Waals surface area contributed by atoms with Crippen molar-refractivity contribution >= 4 is 11.6 Å². The van der Waals surface area contributed by atoms with Gasteiger partial charge in [0.15, 0.2) is 11.5 Å². The zero-order chi connectivity index (χ0) is 10.8. The maximum absolute atomic E-state index is 8.67. The van der Waals surface area contributed by atoms with E-state index in [0.29, 0.717) is 36.2 Å². The van der Waals surface area contributed by atoms with E-state index >= 15 is 0 Å². The fourth-order valence-electron chi connectivity index (χ4n) is 1.56. The van der Waals surface area contributed by atoms with Crippen molar-refractivity contribution in [1.82, 2.24) is 0 Å². The van der Waals surface area contributed by atoms with E-state index in [1.165, 1.54) is 0 Å². The Morgan fingerprint density at radius 1 is 1.47 bits per heavy atom. The topological polar surface area (TPSA) is 42.2 Å². The second-order valence-corrected chi connectivity index (χ2v) is 3.71. The largest absolute Gasteiger partial charge is 0.486 e. The van der Waals surface area contributed by atoms with Crippen molar-refractivity contribution in [1.29, 1.82) is 5.26 Å². The van der Waals surface area contributed by atoms with Crippen LogP contribution in [0.5, 0.6) is 11.5 Å². The van der Waals surface area contributed by atoms with Crippen molar-refractivity contribution in [2.45, 2.75) is 13.3 Å². The molecule has 1 aromatic rings. The van der Waals surface area contributed by atoms with Crippen LogP contribution in [0.3, 0.4) is 0 Å². The van der Waals surface area contributed by atoms with Gasteiger partial charge in [-0.05, 0) is 24.1 Å². The van der Waals surface area contributed by atoms with Crippen LogP contribution in [0.2, 0.25) is 5.02 Å². The van der Waals surface area contributed by atoms with E-state index in [4.69, 9.17) is 26.3 Å². The summed E-state index contributed by atoms with van der Waals surface area (Å²) in [4.78, 5) is 0. The van der Waals surface area contributed by atoms with Crippen LogP contribution in [0.4, 0.5) is 0 Å². The third-order valence-electron chi connectivity index (χ3n) is 2.40. The molecule has 2 rings (SSSR count). The highest BCUT2D eigenvalue weighted by molar-refractivity contribution is 6.33. The van der Waals surface area contributed by atoms with E-state index in [1.807, 2.05) is 13.0 Å². The van der Waals surface area contributed by atoms with Gasteiger partial charge in [0.1, 0.15) is 13.2 Å². The molecule has 1 aliphatic heterocycles. The molecule has 0 aliphatic carbocycles. The van der Waals surface area contributed by atoms with Crippen LogP contribution >= 0.6 is 11.6 Å². The van der Waals surface area contributed by atoms with Crippen LogP contribution in [0, 0.1) is 18.3 Å². The third-order valence-corrected chi connectivity index (χ3v) is 2.85. The maximum atomic E-state index is 8.67. The summed E-state index contributed by atoms with van der Waals surface area (Å²) in [5.41, 5.74) is 1.79. The summed E-state index contributed by atoms with van der Waals surface area (Å²) in [6.07, 6.45) is 0.336. The monoisotopic (exact) mass is 223 g/mol. The minimum atomic E-state index is 0.336. The molecule has 0 spiro atoms. The van der Waals surface area contributed by atoms with Gasteiger partial charge in [0.05, 0.1) is 17.5 Å². The van der Waals surface area contributed by atoms with Crippen LogP contribution in [-0.4, -0.2) is 13.2 Å². The van der Waals surface area contributed by atoms with Gasteiger partial charge in [-0.25, -0.2) is 0 Å². The van der Waals surface area contributed by atoms with Crippen LogP contribution in [0.1, 0.15) is 11.1 Å². The number of rotatable bonds is 1. The molecule has 0 unspecified atom stereocenters. The SMILES string of the molecule is Cc1c(CC#N)cc2c(c1Cl)OCCO2. The smallest absolute Gasteiger partial charge is 0.180 e. The summed E-state index contributed by atoms with van der Waals surface area (Å²) in [7, 11) is 0. The molecule has 78 valence electrons. The molecule has 0 aromatic heterocycles. The van der Waals surface area contributed by atoms with Gasteiger partial charge < -0.3 is 9.47 Å². The van der Waals surface area contributed by atoms with Gasteiger partial charge in [0.2, 0.25) is 0 Å². The minimum absolute atomic E-state index is 0.336. The summed E-state index contributed by atoms with van der Waals surface area (Å²) in [5, 5.41) is 9.23. The first kappa shape index (κ1) is 10.1. The van der Waals surface area contributed by atoms with Crippen molar-refractivity contribution in [3.63, 3.8) is 0 Å². The van der Waals surface area contributed by atoms with Gasteiger partial charge >= 0.3 is 0 Å². The quantitative estimate of drug-likeness (QED) is 0.735. The standard InChI is InChI=1S/C11H10ClNO2/c1-7-8(2-3-13)6-9-11(10(7)12)15-5-4-14-9/h6H,2,4-5H2,1H3. The summed E-state index contributed by atoms with van der Waals surface area (Å²) in [6.45, 7) is 2.93. The molecule has 3 nitrogen and oxygen atoms in total. The summed E-state index contributed by atoms with van der Waals surface area (Å²) in [5.74, 6) is 1.24.